The van der Waals surface area contributed by atoms with Gasteiger partial charge in [-0.2, -0.15) is 0 Å². The van der Waals surface area contributed by atoms with Gasteiger partial charge in [0, 0.05) is 6.04 Å². The Bertz CT molecular complexity index is 174. The molecular formula is C9H19NO3. The second kappa shape index (κ2) is 4.58. The van der Waals surface area contributed by atoms with E-state index in [0.29, 0.717) is 0 Å². The molecule has 0 amide bonds. The Hall–Kier alpha value is -0.610. The van der Waals surface area contributed by atoms with Crippen molar-refractivity contribution in [1.82, 2.24) is 0 Å². The summed E-state index contributed by atoms with van der Waals surface area (Å²) < 4.78 is 5.51. The molecule has 0 aromatic heterocycles. The average molecular weight is 189 g/mol. The van der Waals surface area contributed by atoms with Crippen molar-refractivity contribution in [3.8, 4) is 0 Å². The summed E-state index contributed by atoms with van der Waals surface area (Å²) >= 11 is 0. The lowest BCUT2D eigenvalue weighted by Crippen LogP contribution is -2.40. The average Bonchev–Trinajstić information content (AvgIpc) is 1.81. The normalized spacial score (nSPS) is 16.7. The van der Waals surface area contributed by atoms with Crippen LogP contribution in [0.15, 0.2) is 0 Å². The molecule has 0 radical (unpaired) electrons. The minimum absolute atomic E-state index is 0.0583. The molecule has 13 heavy (non-hydrogen) atoms. The third-order valence-electron chi connectivity index (χ3n) is 1.55. The summed E-state index contributed by atoms with van der Waals surface area (Å²) in [4.78, 5) is 10.3. The first-order valence-corrected chi connectivity index (χ1v) is 4.37. The summed E-state index contributed by atoms with van der Waals surface area (Å²) in [6.45, 7) is 7.53. The maximum Gasteiger partial charge on any atom is 0.305 e. The summed E-state index contributed by atoms with van der Waals surface area (Å²) in [6.07, 6.45) is -0.298. The van der Waals surface area contributed by atoms with Crippen molar-refractivity contribution < 1.29 is 14.6 Å². The van der Waals surface area contributed by atoms with E-state index in [1.807, 2.05) is 20.8 Å². The molecule has 3 N–H and O–H groups in total. The van der Waals surface area contributed by atoms with Gasteiger partial charge >= 0.3 is 5.97 Å². The van der Waals surface area contributed by atoms with Crippen LogP contribution in [0.4, 0.5) is 0 Å². The Labute approximate surface area is 79.1 Å². The maximum atomic E-state index is 10.3. The van der Waals surface area contributed by atoms with E-state index in [-0.39, 0.29) is 18.1 Å². The van der Waals surface area contributed by atoms with Crippen molar-refractivity contribution in [1.29, 1.82) is 0 Å². The fraction of sp³-hybridized carbons (Fsp3) is 0.889. The Morgan fingerprint density at radius 2 is 2.00 bits per heavy atom. The van der Waals surface area contributed by atoms with Gasteiger partial charge in [-0.1, -0.05) is 0 Å². The van der Waals surface area contributed by atoms with Crippen LogP contribution in [-0.2, 0) is 9.53 Å². The van der Waals surface area contributed by atoms with Gasteiger partial charge in [0.2, 0.25) is 0 Å². The highest BCUT2D eigenvalue weighted by Gasteiger charge is 2.22. The van der Waals surface area contributed by atoms with Crippen LogP contribution in [-0.4, -0.2) is 28.8 Å². The first-order chi connectivity index (χ1) is 5.72. The first-order valence-electron chi connectivity index (χ1n) is 4.37. The molecular weight excluding hydrogens is 170 g/mol. The van der Waals surface area contributed by atoms with Gasteiger partial charge < -0.3 is 15.6 Å². The van der Waals surface area contributed by atoms with Crippen LogP contribution in [0.3, 0.4) is 0 Å². The largest absolute Gasteiger partial charge is 0.481 e. The molecule has 0 saturated heterocycles. The van der Waals surface area contributed by atoms with Crippen LogP contribution >= 0.6 is 0 Å². The number of hydrogen-bond acceptors (Lipinski definition) is 3. The van der Waals surface area contributed by atoms with E-state index in [1.165, 1.54) is 0 Å². The lowest BCUT2D eigenvalue weighted by molar-refractivity contribution is -0.139. The molecule has 0 heterocycles. The molecule has 0 bridgehead atoms. The second-order valence-electron chi connectivity index (χ2n) is 4.20. The van der Waals surface area contributed by atoms with Gasteiger partial charge in [-0.15, -0.1) is 0 Å². The number of carbonyl (C=O) groups is 1. The number of aliphatic carboxylic acids is 1. The zero-order valence-corrected chi connectivity index (χ0v) is 8.70. The van der Waals surface area contributed by atoms with Crippen molar-refractivity contribution in [2.24, 2.45) is 5.73 Å². The molecule has 0 rings (SSSR count). The van der Waals surface area contributed by atoms with Gasteiger partial charge in [0.05, 0.1) is 18.1 Å². The molecule has 0 aliphatic heterocycles. The molecule has 0 aliphatic rings. The highest BCUT2D eigenvalue weighted by molar-refractivity contribution is 5.67. The minimum Gasteiger partial charge on any atom is -0.481 e. The highest BCUT2D eigenvalue weighted by Crippen LogP contribution is 2.13. The number of hydrogen-bond donors (Lipinski definition) is 2. The minimum atomic E-state index is -0.892. The lowest BCUT2D eigenvalue weighted by atomic mass is 10.1. The number of nitrogens with two attached hydrogens (primary N) is 1. The molecule has 78 valence electrons. The predicted molar refractivity (Wildman–Crippen MR) is 50.5 cm³/mol. The van der Waals surface area contributed by atoms with Gasteiger partial charge in [-0.3, -0.25) is 4.79 Å². The van der Waals surface area contributed by atoms with Gasteiger partial charge in [0.15, 0.2) is 0 Å². The van der Waals surface area contributed by atoms with E-state index >= 15 is 0 Å². The Kier molecular flexibility index (Phi) is 4.36. The Balaban J connectivity index is 3.96. The monoisotopic (exact) mass is 189 g/mol. The fourth-order valence-electron chi connectivity index (χ4n) is 1.01. The maximum absolute atomic E-state index is 10.3. The topological polar surface area (TPSA) is 72.5 Å². The van der Waals surface area contributed by atoms with Crippen molar-refractivity contribution in [2.45, 2.75) is 51.9 Å². The zero-order valence-electron chi connectivity index (χ0n) is 8.70. The molecule has 2 atom stereocenters. The van der Waals surface area contributed by atoms with E-state index in [2.05, 4.69) is 0 Å². The van der Waals surface area contributed by atoms with Crippen molar-refractivity contribution >= 4 is 5.97 Å². The van der Waals surface area contributed by atoms with Gasteiger partial charge in [0.1, 0.15) is 0 Å². The van der Waals surface area contributed by atoms with Crippen LogP contribution in [0.25, 0.3) is 0 Å². The molecule has 4 heteroatoms. The van der Waals surface area contributed by atoms with Gasteiger partial charge in [0.25, 0.3) is 0 Å². The van der Waals surface area contributed by atoms with Gasteiger partial charge in [-0.25, -0.2) is 0 Å². The summed E-state index contributed by atoms with van der Waals surface area (Å²) in [6, 6.07) is -0.447. The van der Waals surface area contributed by atoms with Crippen LogP contribution in [0.2, 0.25) is 0 Å². The number of carboxylic acid groups (broad SMARTS) is 1. The number of carboxylic acids is 1. The van der Waals surface area contributed by atoms with Crippen molar-refractivity contribution in [2.75, 3.05) is 0 Å². The van der Waals surface area contributed by atoms with Crippen molar-refractivity contribution in [3.05, 3.63) is 0 Å². The molecule has 0 aromatic carbocycles. The number of rotatable bonds is 4. The summed E-state index contributed by atoms with van der Waals surface area (Å²) in [5.41, 5.74) is 5.34. The van der Waals surface area contributed by atoms with E-state index in [1.54, 1.807) is 6.92 Å². The first kappa shape index (κ1) is 12.4. The standard InChI is InChI=1S/C9H19NO3/c1-6(13-9(2,3)4)7(10)5-8(11)12/h6-7H,5,10H2,1-4H3,(H,11,12). The molecule has 0 aliphatic carbocycles. The van der Waals surface area contributed by atoms with Crippen molar-refractivity contribution in [3.63, 3.8) is 0 Å². The third kappa shape index (κ3) is 6.54. The number of ether oxygens (including phenoxy) is 1. The summed E-state index contributed by atoms with van der Waals surface area (Å²) in [7, 11) is 0. The fourth-order valence-corrected chi connectivity index (χ4v) is 1.01. The van der Waals surface area contributed by atoms with E-state index in [9.17, 15) is 4.79 Å². The molecule has 0 fully saturated rings. The zero-order chi connectivity index (χ0) is 10.6. The van der Waals surface area contributed by atoms with Crippen LogP contribution in [0.5, 0.6) is 0 Å². The van der Waals surface area contributed by atoms with E-state index in [0.717, 1.165) is 0 Å². The van der Waals surface area contributed by atoms with Gasteiger partial charge in [-0.05, 0) is 27.7 Å². The molecule has 0 spiro atoms. The second-order valence-corrected chi connectivity index (χ2v) is 4.20. The summed E-state index contributed by atoms with van der Waals surface area (Å²) in [5.74, 6) is -0.892. The quantitative estimate of drug-likeness (QED) is 0.691. The van der Waals surface area contributed by atoms with Crippen LogP contribution in [0, 0.1) is 0 Å². The van der Waals surface area contributed by atoms with E-state index < -0.39 is 12.0 Å². The molecule has 0 saturated carbocycles. The predicted octanol–water partition coefficient (Wildman–Crippen LogP) is 0.992. The van der Waals surface area contributed by atoms with E-state index in [4.69, 9.17) is 15.6 Å². The lowest BCUT2D eigenvalue weighted by Gasteiger charge is -2.28. The Morgan fingerprint density at radius 3 is 2.31 bits per heavy atom. The Morgan fingerprint density at radius 1 is 1.54 bits per heavy atom. The highest BCUT2D eigenvalue weighted by atomic mass is 16.5. The molecule has 4 nitrogen and oxygen atoms in total. The smallest absolute Gasteiger partial charge is 0.305 e. The SMILES string of the molecule is CC(OC(C)(C)C)C(N)CC(=O)O. The molecule has 2 unspecified atom stereocenters. The summed E-state index contributed by atoms with van der Waals surface area (Å²) in [5, 5.41) is 8.50. The van der Waals surface area contributed by atoms with Crippen LogP contribution < -0.4 is 5.73 Å². The van der Waals surface area contributed by atoms with Crippen LogP contribution in [0.1, 0.15) is 34.1 Å². The molecule has 0 aromatic rings. The third-order valence-corrected chi connectivity index (χ3v) is 1.55.